The monoisotopic (exact) mass is 439 g/mol. The number of nitrogens with zero attached hydrogens (tertiary/aromatic N) is 5. The Kier molecular flexibility index (Phi) is 7.77. The average molecular weight is 440 g/mol. The molecule has 0 N–H and O–H groups in total. The minimum atomic E-state index is 0.0657. The molecule has 1 aromatic carbocycles. The molecule has 32 heavy (non-hydrogen) atoms. The fraction of sp³-hybridized carbons (Fsp3) is 0.542. The van der Waals surface area contributed by atoms with E-state index in [4.69, 9.17) is 9.47 Å². The van der Waals surface area contributed by atoms with Crippen molar-refractivity contribution < 1.29 is 14.3 Å². The lowest BCUT2D eigenvalue weighted by Gasteiger charge is -2.35. The third-order valence-electron chi connectivity index (χ3n) is 5.98. The maximum atomic E-state index is 12.9. The molecule has 0 bridgehead atoms. The summed E-state index contributed by atoms with van der Waals surface area (Å²) in [6.07, 6.45) is 3.41. The number of anilines is 2. The van der Waals surface area contributed by atoms with Crippen LogP contribution in [0.15, 0.2) is 36.4 Å². The van der Waals surface area contributed by atoms with Crippen LogP contribution < -0.4 is 14.5 Å². The first-order valence-electron chi connectivity index (χ1n) is 11.7. The number of piperazine rings is 1. The zero-order valence-corrected chi connectivity index (χ0v) is 18.9. The number of morpholine rings is 1. The molecule has 8 nitrogen and oxygen atoms in total. The first-order valence-corrected chi connectivity index (χ1v) is 11.7. The van der Waals surface area contributed by atoms with Crippen LogP contribution in [-0.4, -0.2) is 80.1 Å². The predicted molar refractivity (Wildman–Crippen MR) is 125 cm³/mol. The first-order chi connectivity index (χ1) is 15.7. The summed E-state index contributed by atoms with van der Waals surface area (Å²) in [4.78, 5) is 19.2. The Labute approximate surface area is 190 Å². The molecule has 0 saturated carbocycles. The summed E-state index contributed by atoms with van der Waals surface area (Å²) in [7, 11) is 0. The van der Waals surface area contributed by atoms with Crippen molar-refractivity contribution in [3.63, 3.8) is 0 Å². The maximum Gasteiger partial charge on any atom is 0.253 e. The summed E-state index contributed by atoms with van der Waals surface area (Å²) in [5.41, 5.74) is 0.703. The molecule has 172 valence electrons. The third kappa shape index (κ3) is 5.68. The zero-order chi connectivity index (χ0) is 22.2. The minimum Gasteiger partial charge on any atom is -0.494 e. The summed E-state index contributed by atoms with van der Waals surface area (Å²) in [5.74, 6) is 2.64. The van der Waals surface area contributed by atoms with Crippen LogP contribution in [0.1, 0.15) is 36.5 Å². The Bertz CT molecular complexity index is 845. The molecule has 4 rings (SSSR count). The number of ether oxygens (including phenoxy) is 2. The highest BCUT2D eigenvalue weighted by Gasteiger charge is 2.23. The van der Waals surface area contributed by atoms with Gasteiger partial charge in [-0.25, -0.2) is 0 Å². The van der Waals surface area contributed by atoms with Gasteiger partial charge in [-0.05, 0) is 42.8 Å². The van der Waals surface area contributed by atoms with Gasteiger partial charge in [0.15, 0.2) is 11.6 Å². The highest BCUT2D eigenvalue weighted by molar-refractivity contribution is 5.94. The Morgan fingerprint density at radius 1 is 0.875 bits per heavy atom. The van der Waals surface area contributed by atoms with Crippen LogP contribution in [0.4, 0.5) is 11.6 Å². The van der Waals surface area contributed by atoms with Crippen molar-refractivity contribution >= 4 is 17.5 Å². The van der Waals surface area contributed by atoms with Crippen molar-refractivity contribution in [2.24, 2.45) is 0 Å². The number of carbonyl (C=O) groups is 1. The second kappa shape index (κ2) is 11.1. The number of hydrogen-bond donors (Lipinski definition) is 0. The van der Waals surface area contributed by atoms with E-state index in [0.717, 1.165) is 69.8 Å². The van der Waals surface area contributed by atoms with Crippen molar-refractivity contribution in [2.75, 3.05) is 68.9 Å². The quantitative estimate of drug-likeness (QED) is 0.586. The van der Waals surface area contributed by atoms with Crippen molar-refractivity contribution in [1.29, 1.82) is 0 Å². The van der Waals surface area contributed by atoms with Crippen molar-refractivity contribution in [3.8, 4) is 5.75 Å². The van der Waals surface area contributed by atoms with E-state index in [9.17, 15) is 4.79 Å². The molecule has 8 heteroatoms. The van der Waals surface area contributed by atoms with Gasteiger partial charge in [0.25, 0.3) is 5.91 Å². The van der Waals surface area contributed by atoms with E-state index in [1.807, 2.05) is 41.3 Å². The van der Waals surface area contributed by atoms with Crippen LogP contribution in [-0.2, 0) is 4.74 Å². The molecule has 0 aliphatic carbocycles. The zero-order valence-electron chi connectivity index (χ0n) is 18.9. The molecular weight excluding hydrogens is 406 g/mol. The fourth-order valence-corrected chi connectivity index (χ4v) is 4.00. The van der Waals surface area contributed by atoms with E-state index in [-0.39, 0.29) is 5.91 Å². The largest absolute Gasteiger partial charge is 0.494 e. The molecule has 2 aliphatic heterocycles. The predicted octanol–water partition coefficient (Wildman–Crippen LogP) is 2.84. The molecule has 2 aromatic rings. The molecule has 1 aromatic heterocycles. The van der Waals surface area contributed by atoms with Gasteiger partial charge in [-0.2, -0.15) is 0 Å². The molecule has 0 spiro atoms. The van der Waals surface area contributed by atoms with Gasteiger partial charge in [0.05, 0.1) is 19.8 Å². The smallest absolute Gasteiger partial charge is 0.253 e. The number of benzene rings is 1. The standard InChI is InChI=1S/C24H33N5O3/c1-2-3-4-17-32-21-7-5-20(6-8-21)24(30)29-13-11-27(12-14-29)22-9-10-23(26-25-22)28-15-18-31-19-16-28/h5-10H,2-4,11-19H2,1H3. The van der Waals surface area contributed by atoms with Crippen molar-refractivity contribution in [3.05, 3.63) is 42.0 Å². The number of carbonyl (C=O) groups excluding carboxylic acids is 1. The second-order valence-corrected chi connectivity index (χ2v) is 8.21. The lowest BCUT2D eigenvalue weighted by atomic mass is 10.1. The molecule has 2 fully saturated rings. The van der Waals surface area contributed by atoms with Crippen LogP contribution in [0.5, 0.6) is 5.75 Å². The number of unbranched alkanes of at least 4 members (excludes halogenated alkanes) is 2. The van der Waals surface area contributed by atoms with Crippen LogP contribution in [0.25, 0.3) is 0 Å². The highest BCUT2D eigenvalue weighted by Crippen LogP contribution is 2.19. The van der Waals surface area contributed by atoms with Crippen LogP contribution in [0.2, 0.25) is 0 Å². The van der Waals surface area contributed by atoms with E-state index >= 15 is 0 Å². The lowest BCUT2D eigenvalue weighted by molar-refractivity contribution is 0.0746. The number of hydrogen-bond acceptors (Lipinski definition) is 7. The van der Waals surface area contributed by atoms with Gasteiger partial charge in [-0.15, -0.1) is 10.2 Å². The van der Waals surface area contributed by atoms with E-state index in [1.54, 1.807) is 0 Å². The Morgan fingerprint density at radius 3 is 2.09 bits per heavy atom. The number of aromatic nitrogens is 2. The van der Waals surface area contributed by atoms with Gasteiger partial charge in [-0.1, -0.05) is 19.8 Å². The van der Waals surface area contributed by atoms with E-state index in [0.29, 0.717) is 18.7 Å². The molecule has 1 amide bonds. The van der Waals surface area contributed by atoms with Crippen LogP contribution in [0.3, 0.4) is 0 Å². The Hall–Kier alpha value is -2.87. The van der Waals surface area contributed by atoms with Gasteiger partial charge in [0, 0.05) is 44.8 Å². The average Bonchev–Trinajstić information content (AvgIpc) is 2.87. The Morgan fingerprint density at radius 2 is 1.50 bits per heavy atom. The molecule has 0 unspecified atom stereocenters. The Balaban J connectivity index is 1.26. The first kappa shape index (κ1) is 22.3. The molecular formula is C24H33N5O3. The van der Waals surface area contributed by atoms with Gasteiger partial charge in [0.2, 0.25) is 0 Å². The summed E-state index contributed by atoms with van der Waals surface area (Å²) < 4.78 is 11.1. The summed E-state index contributed by atoms with van der Waals surface area (Å²) in [6, 6.07) is 11.5. The van der Waals surface area contributed by atoms with Crippen LogP contribution in [0, 0.1) is 0 Å². The fourth-order valence-electron chi connectivity index (χ4n) is 4.00. The minimum absolute atomic E-state index is 0.0657. The third-order valence-corrected chi connectivity index (χ3v) is 5.98. The maximum absolute atomic E-state index is 12.9. The summed E-state index contributed by atoms with van der Waals surface area (Å²) in [5, 5.41) is 8.83. The molecule has 0 radical (unpaired) electrons. The molecule has 2 aliphatic rings. The van der Waals surface area contributed by atoms with Crippen molar-refractivity contribution in [1.82, 2.24) is 15.1 Å². The lowest BCUT2D eigenvalue weighted by Crippen LogP contribution is -2.49. The molecule has 3 heterocycles. The van der Waals surface area contributed by atoms with E-state index in [1.165, 1.54) is 12.8 Å². The molecule has 0 atom stereocenters. The van der Waals surface area contributed by atoms with Gasteiger partial charge in [0.1, 0.15) is 5.75 Å². The highest BCUT2D eigenvalue weighted by atomic mass is 16.5. The molecule has 2 saturated heterocycles. The SMILES string of the molecule is CCCCCOc1ccc(C(=O)N2CCN(c3ccc(N4CCOCC4)nn3)CC2)cc1. The van der Waals surface area contributed by atoms with Gasteiger partial charge < -0.3 is 24.2 Å². The number of amides is 1. The van der Waals surface area contributed by atoms with Gasteiger partial charge in [-0.3, -0.25) is 4.79 Å². The second-order valence-electron chi connectivity index (χ2n) is 8.21. The van der Waals surface area contributed by atoms with Crippen LogP contribution >= 0.6 is 0 Å². The number of rotatable bonds is 8. The van der Waals surface area contributed by atoms with E-state index < -0.39 is 0 Å². The topological polar surface area (TPSA) is 71.0 Å². The summed E-state index contributed by atoms with van der Waals surface area (Å²) >= 11 is 0. The normalized spacial score (nSPS) is 16.8. The van der Waals surface area contributed by atoms with Crippen molar-refractivity contribution in [2.45, 2.75) is 26.2 Å². The summed E-state index contributed by atoms with van der Waals surface area (Å²) in [6.45, 7) is 8.88. The van der Waals surface area contributed by atoms with E-state index in [2.05, 4.69) is 26.9 Å². The van der Waals surface area contributed by atoms with Gasteiger partial charge >= 0.3 is 0 Å².